The fourth-order valence-corrected chi connectivity index (χ4v) is 3.89. The fourth-order valence-electron chi connectivity index (χ4n) is 3.07. The quantitative estimate of drug-likeness (QED) is 0.411. The number of aryl methyl sites for hydroxylation is 1. The molecule has 4 aromatic rings. The number of ether oxygens (including phenoxy) is 2. The van der Waals surface area contributed by atoms with Crippen LogP contribution in [0.2, 0.25) is 0 Å². The molecule has 0 aliphatic carbocycles. The summed E-state index contributed by atoms with van der Waals surface area (Å²) in [6, 6.07) is 12.7. The molecule has 0 saturated carbocycles. The SMILES string of the molecule is CCOc1ccc(-c2nc(CC(=O)OCc3cc(=O)n4cc(C)ccc4n3)cs2)cc1. The molecule has 0 fully saturated rings. The van der Waals surface area contributed by atoms with Crippen LogP contribution in [0.15, 0.2) is 58.8 Å². The van der Waals surface area contributed by atoms with Gasteiger partial charge in [-0.1, -0.05) is 6.07 Å². The second-order valence-electron chi connectivity index (χ2n) is 6.96. The van der Waals surface area contributed by atoms with Crippen molar-refractivity contribution < 1.29 is 14.3 Å². The van der Waals surface area contributed by atoms with Crippen LogP contribution in [-0.2, 0) is 22.6 Å². The molecule has 0 spiro atoms. The number of hydrogen-bond donors (Lipinski definition) is 0. The molecule has 7 nitrogen and oxygen atoms in total. The summed E-state index contributed by atoms with van der Waals surface area (Å²) in [5, 5.41) is 2.67. The molecule has 0 atom stereocenters. The highest BCUT2D eigenvalue weighted by Gasteiger charge is 2.12. The van der Waals surface area contributed by atoms with Crippen LogP contribution in [0.1, 0.15) is 23.9 Å². The molecule has 0 aliphatic heterocycles. The van der Waals surface area contributed by atoms with Crippen molar-refractivity contribution in [2.24, 2.45) is 0 Å². The standard InChI is InChI=1S/C23H21N3O4S/c1-3-29-19-7-5-16(6-8-19)23-25-18(14-31-23)11-22(28)30-13-17-10-21(27)26-12-15(2)4-9-20(26)24-17/h4-10,12,14H,3,11,13H2,1-2H3. The molecule has 0 bridgehead atoms. The van der Waals surface area contributed by atoms with Crippen molar-refractivity contribution in [1.29, 1.82) is 0 Å². The maximum absolute atomic E-state index is 12.3. The Kier molecular flexibility index (Phi) is 6.08. The lowest BCUT2D eigenvalue weighted by atomic mass is 10.2. The van der Waals surface area contributed by atoms with Gasteiger partial charge in [0, 0.05) is 23.2 Å². The Hall–Kier alpha value is -3.52. The first-order valence-corrected chi connectivity index (χ1v) is 10.7. The monoisotopic (exact) mass is 435 g/mol. The molecule has 0 saturated heterocycles. The lowest BCUT2D eigenvalue weighted by Gasteiger charge is -2.06. The van der Waals surface area contributed by atoms with Gasteiger partial charge in [0.2, 0.25) is 0 Å². The van der Waals surface area contributed by atoms with Crippen LogP contribution < -0.4 is 10.3 Å². The van der Waals surface area contributed by atoms with Crippen LogP contribution in [0.3, 0.4) is 0 Å². The summed E-state index contributed by atoms with van der Waals surface area (Å²) >= 11 is 1.47. The van der Waals surface area contributed by atoms with E-state index in [-0.39, 0.29) is 18.6 Å². The van der Waals surface area contributed by atoms with Crippen LogP contribution in [-0.4, -0.2) is 26.9 Å². The zero-order valence-corrected chi connectivity index (χ0v) is 18.0. The molecular weight excluding hydrogens is 414 g/mol. The number of thiazole rings is 1. The molecule has 0 N–H and O–H groups in total. The van der Waals surface area contributed by atoms with E-state index in [2.05, 4.69) is 9.97 Å². The Bertz CT molecular complexity index is 1280. The zero-order valence-electron chi connectivity index (χ0n) is 17.2. The Morgan fingerprint density at radius 2 is 1.90 bits per heavy atom. The number of pyridine rings is 1. The largest absolute Gasteiger partial charge is 0.494 e. The average Bonchev–Trinajstić information content (AvgIpc) is 3.22. The van der Waals surface area contributed by atoms with Crippen molar-refractivity contribution >= 4 is 23.0 Å². The average molecular weight is 436 g/mol. The summed E-state index contributed by atoms with van der Waals surface area (Å²) in [5.74, 6) is 0.387. The van der Waals surface area contributed by atoms with E-state index in [0.29, 0.717) is 23.6 Å². The molecule has 0 radical (unpaired) electrons. The minimum Gasteiger partial charge on any atom is -0.494 e. The van der Waals surface area contributed by atoms with E-state index in [9.17, 15) is 9.59 Å². The summed E-state index contributed by atoms with van der Waals surface area (Å²) in [4.78, 5) is 33.4. The number of aromatic nitrogens is 3. The molecule has 158 valence electrons. The lowest BCUT2D eigenvalue weighted by Crippen LogP contribution is -2.17. The van der Waals surface area contributed by atoms with Gasteiger partial charge in [-0.25, -0.2) is 9.97 Å². The van der Waals surface area contributed by atoms with Crippen molar-refractivity contribution in [3.05, 3.63) is 81.3 Å². The van der Waals surface area contributed by atoms with E-state index in [0.717, 1.165) is 21.9 Å². The molecule has 0 unspecified atom stereocenters. The number of nitrogens with zero attached hydrogens (tertiary/aromatic N) is 3. The van der Waals surface area contributed by atoms with Crippen molar-refractivity contribution in [3.63, 3.8) is 0 Å². The van der Waals surface area contributed by atoms with E-state index in [1.54, 1.807) is 12.3 Å². The number of rotatable bonds is 7. The molecule has 31 heavy (non-hydrogen) atoms. The van der Waals surface area contributed by atoms with E-state index >= 15 is 0 Å². The van der Waals surface area contributed by atoms with Gasteiger partial charge < -0.3 is 9.47 Å². The lowest BCUT2D eigenvalue weighted by molar-refractivity contribution is -0.144. The van der Waals surface area contributed by atoms with Gasteiger partial charge in [-0.05, 0) is 49.7 Å². The van der Waals surface area contributed by atoms with E-state index in [4.69, 9.17) is 9.47 Å². The summed E-state index contributed by atoms with van der Waals surface area (Å²) in [6.45, 7) is 4.40. The molecule has 3 aromatic heterocycles. The fraction of sp³-hybridized carbons (Fsp3) is 0.217. The second kappa shape index (κ2) is 9.09. The Labute approximate surface area is 182 Å². The first kappa shape index (κ1) is 20.7. The summed E-state index contributed by atoms with van der Waals surface area (Å²) in [5.41, 5.74) is 3.28. The molecule has 1 aromatic carbocycles. The van der Waals surface area contributed by atoms with Crippen LogP contribution in [0.4, 0.5) is 0 Å². The van der Waals surface area contributed by atoms with Gasteiger partial charge in [-0.3, -0.25) is 14.0 Å². The summed E-state index contributed by atoms with van der Waals surface area (Å²) in [6.07, 6.45) is 1.78. The maximum Gasteiger partial charge on any atom is 0.312 e. The van der Waals surface area contributed by atoms with Crippen LogP contribution >= 0.6 is 11.3 Å². The van der Waals surface area contributed by atoms with Gasteiger partial charge in [0.25, 0.3) is 5.56 Å². The van der Waals surface area contributed by atoms with Gasteiger partial charge in [0.15, 0.2) is 0 Å². The first-order chi connectivity index (χ1) is 15.0. The van der Waals surface area contributed by atoms with Crippen molar-refractivity contribution in [3.8, 4) is 16.3 Å². The topological polar surface area (TPSA) is 82.8 Å². The van der Waals surface area contributed by atoms with Gasteiger partial charge in [-0.15, -0.1) is 11.3 Å². The van der Waals surface area contributed by atoms with Crippen molar-refractivity contribution in [2.45, 2.75) is 26.9 Å². The highest BCUT2D eigenvalue weighted by atomic mass is 32.1. The molecule has 4 rings (SSSR count). The third kappa shape index (κ3) is 4.97. The third-order valence-corrected chi connectivity index (χ3v) is 5.47. The number of esters is 1. The molecule has 8 heteroatoms. The van der Waals surface area contributed by atoms with Gasteiger partial charge in [-0.2, -0.15) is 0 Å². The zero-order chi connectivity index (χ0) is 21.8. The highest BCUT2D eigenvalue weighted by Crippen LogP contribution is 2.26. The first-order valence-electron chi connectivity index (χ1n) is 9.84. The number of hydrogen-bond acceptors (Lipinski definition) is 7. The predicted molar refractivity (Wildman–Crippen MR) is 118 cm³/mol. The van der Waals surface area contributed by atoms with Gasteiger partial charge in [0.05, 0.1) is 24.4 Å². The summed E-state index contributed by atoms with van der Waals surface area (Å²) < 4.78 is 12.2. The highest BCUT2D eigenvalue weighted by molar-refractivity contribution is 7.13. The van der Waals surface area contributed by atoms with E-state index < -0.39 is 5.97 Å². The Balaban J connectivity index is 1.38. The molecule has 3 heterocycles. The Morgan fingerprint density at radius 1 is 1.10 bits per heavy atom. The van der Waals surface area contributed by atoms with E-state index in [1.807, 2.05) is 49.6 Å². The Morgan fingerprint density at radius 3 is 2.68 bits per heavy atom. The minimum absolute atomic E-state index is 0.0548. The van der Waals surface area contributed by atoms with Gasteiger partial charge >= 0.3 is 5.97 Å². The minimum atomic E-state index is -0.422. The molecular formula is C23H21N3O4S. The molecule has 0 aliphatic rings. The van der Waals surface area contributed by atoms with Crippen LogP contribution in [0, 0.1) is 6.92 Å². The number of carbonyl (C=O) groups is 1. The normalized spacial score (nSPS) is 10.9. The second-order valence-corrected chi connectivity index (χ2v) is 7.82. The smallest absolute Gasteiger partial charge is 0.312 e. The summed E-state index contributed by atoms with van der Waals surface area (Å²) in [7, 11) is 0. The van der Waals surface area contributed by atoms with E-state index in [1.165, 1.54) is 21.8 Å². The predicted octanol–water partition coefficient (Wildman–Crippen LogP) is 3.81. The van der Waals surface area contributed by atoms with Gasteiger partial charge in [0.1, 0.15) is 23.0 Å². The maximum atomic E-state index is 12.3. The number of benzene rings is 1. The number of carbonyl (C=O) groups excluding carboxylic acids is 1. The molecule has 0 amide bonds. The van der Waals surface area contributed by atoms with Crippen molar-refractivity contribution in [2.75, 3.05) is 6.61 Å². The third-order valence-electron chi connectivity index (χ3n) is 4.53. The van der Waals surface area contributed by atoms with Crippen LogP contribution in [0.5, 0.6) is 5.75 Å². The van der Waals surface area contributed by atoms with Crippen LogP contribution in [0.25, 0.3) is 16.2 Å². The van der Waals surface area contributed by atoms with Crippen molar-refractivity contribution in [1.82, 2.24) is 14.4 Å². The number of fused-ring (bicyclic) bond motifs is 1.